The lowest BCUT2D eigenvalue weighted by Gasteiger charge is -2.44. The number of carbonyl (C=O) groups excluding carboxylic acids is 1. The van der Waals surface area contributed by atoms with E-state index in [0.717, 1.165) is 12.1 Å². The van der Waals surface area contributed by atoms with E-state index in [-0.39, 0.29) is 5.91 Å². The van der Waals surface area contributed by atoms with Gasteiger partial charge in [0.15, 0.2) is 0 Å². The number of nitrogens with zero attached hydrogens (tertiary/aromatic N) is 2. The number of hydrogen-bond acceptors (Lipinski definition) is 3. The summed E-state index contributed by atoms with van der Waals surface area (Å²) < 4.78 is 0. The maximum atomic E-state index is 12.3. The number of carbonyl (C=O) groups is 1. The van der Waals surface area contributed by atoms with Gasteiger partial charge in [-0.15, -0.1) is 0 Å². The van der Waals surface area contributed by atoms with Crippen molar-refractivity contribution >= 4 is 5.91 Å². The second-order valence-corrected chi connectivity index (χ2v) is 7.69. The van der Waals surface area contributed by atoms with Crippen LogP contribution in [0.5, 0.6) is 0 Å². The molecule has 1 aromatic rings. The minimum absolute atomic E-state index is 0.0412. The Morgan fingerprint density at radius 3 is 2.64 bits per heavy atom. The number of rotatable bonds is 5. The highest BCUT2D eigenvalue weighted by molar-refractivity contribution is 5.94. The summed E-state index contributed by atoms with van der Waals surface area (Å²) in [6.07, 6.45) is 10.1. The van der Waals surface area contributed by atoms with Crippen molar-refractivity contribution in [3.8, 4) is 6.07 Å². The number of hydrogen-bond donors (Lipinski definition) is 1. The Labute approximate surface area is 151 Å². The quantitative estimate of drug-likeness (QED) is 0.893. The summed E-state index contributed by atoms with van der Waals surface area (Å²) in [6, 6.07) is 9.47. The Bertz CT molecular complexity index is 618. The normalized spacial score (nSPS) is 20.1. The minimum atomic E-state index is -0.0412. The summed E-state index contributed by atoms with van der Waals surface area (Å²) in [7, 11) is 0. The maximum absolute atomic E-state index is 12.3. The molecule has 0 aromatic heterocycles. The Morgan fingerprint density at radius 2 is 1.92 bits per heavy atom. The molecule has 134 valence electrons. The number of piperidine rings is 1. The molecule has 1 aliphatic carbocycles. The standard InChI is InChI=1S/C21H29N3O/c22-12-7-18-5-4-6-19(17-18)20(25)23-13-16-24-14-10-21(11-15-24)8-2-1-3-9-21/h4-6,17H,1-3,7-11,13-16H2,(H,23,25). The van der Waals surface area contributed by atoms with E-state index in [9.17, 15) is 4.79 Å². The highest BCUT2D eigenvalue weighted by Crippen LogP contribution is 2.44. The van der Waals surface area contributed by atoms with E-state index in [0.29, 0.717) is 23.9 Å². The maximum Gasteiger partial charge on any atom is 0.251 e. The first kappa shape index (κ1) is 17.9. The number of nitriles is 1. The summed E-state index contributed by atoms with van der Waals surface area (Å²) in [5.41, 5.74) is 2.18. The van der Waals surface area contributed by atoms with Crippen LogP contribution in [0.2, 0.25) is 0 Å². The SMILES string of the molecule is N#CCc1cccc(C(=O)NCCN2CCC3(CCCCC3)CC2)c1. The second kappa shape index (κ2) is 8.49. The Kier molecular flexibility index (Phi) is 6.09. The monoisotopic (exact) mass is 339 g/mol. The number of likely N-dealkylation sites (tertiary alicyclic amines) is 1. The van der Waals surface area contributed by atoms with E-state index in [1.165, 1.54) is 58.0 Å². The van der Waals surface area contributed by atoms with Gasteiger partial charge in [0.25, 0.3) is 5.91 Å². The van der Waals surface area contributed by atoms with Crippen LogP contribution in [0, 0.1) is 16.7 Å². The molecule has 1 aromatic carbocycles. The molecule has 1 saturated carbocycles. The highest BCUT2D eigenvalue weighted by Gasteiger charge is 2.35. The van der Waals surface area contributed by atoms with Gasteiger partial charge in [0.1, 0.15) is 0 Å². The van der Waals surface area contributed by atoms with Crippen LogP contribution in [0.15, 0.2) is 24.3 Å². The molecule has 4 nitrogen and oxygen atoms in total. The van der Waals surface area contributed by atoms with Crippen LogP contribution in [-0.2, 0) is 6.42 Å². The smallest absolute Gasteiger partial charge is 0.251 e. The van der Waals surface area contributed by atoms with Gasteiger partial charge in [-0.2, -0.15) is 5.26 Å². The molecule has 0 atom stereocenters. The summed E-state index contributed by atoms with van der Waals surface area (Å²) in [6.45, 7) is 3.97. The molecule has 1 saturated heterocycles. The van der Waals surface area contributed by atoms with Gasteiger partial charge in [-0.25, -0.2) is 0 Å². The Balaban J connectivity index is 1.40. The minimum Gasteiger partial charge on any atom is -0.351 e. The van der Waals surface area contributed by atoms with Gasteiger partial charge in [-0.1, -0.05) is 31.4 Å². The van der Waals surface area contributed by atoms with Crippen LogP contribution in [-0.4, -0.2) is 37.0 Å². The third-order valence-corrected chi connectivity index (χ3v) is 6.02. The van der Waals surface area contributed by atoms with Crippen molar-refractivity contribution in [3.05, 3.63) is 35.4 Å². The van der Waals surface area contributed by atoms with E-state index in [2.05, 4.69) is 16.3 Å². The molecule has 1 aliphatic heterocycles. The Morgan fingerprint density at radius 1 is 1.16 bits per heavy atom. The largest absolute Gasteiger partial charge is 0.351 e. The van der Waals surface area contributed by atoms with E-state index in [1.807, 2.05) is 24.3 Å². The molecule has 0 unspecified atom stereocenters. The Hall–Kier alpha value is -1.86. The summed E-state index contributed by atoms with van der Waals surface area (Å²) in [5, 5.41) is 11.8. The molecule has 0 radical (unpaired) electrons. The third kappa shape index (κ3) is 4.83. The van der Waals surface area contributed by atoms with Gasteiger partial charge in [0.2, 0.25) is 0 Å². The summed E-state index contributed by atoms with van der Waals surface area (Å²) in [4.78, 5) is 14.8. The van der Waals surface area contributed by atoms with Gasteiger partial charge in [-0.3, -0.25) is 4.79 Å². The van der Waals surface area contributed by atoms with Gasteiger partial charge in [0, 0.05) is 18.7 Å². The van der Waals surface area contributed by atoms with E-state index >= 15 is 0 Å². The van der Waals surface area contributed by atoms with Crippen LogP contribution in [0.3, 0.4) is 0 Å². The van der Waals surface area contributed by atoms with Crippen LogP contribution in [0.4, 0.5) is 0 Å². The van der Waals surface area contributed by atoms with Gasteiger partial charge < -0.3 is 10.2 Å². The van der Waals surface area contributed by atoms with Crippen molar-refractivity contribution in [1.82, 2.24) is 10.2 Å². The number of nitrogens with one attached hydrogen (secondary N) is 1. The van der Waals surface area contributed by atoms with Crippen molar-refractivity contribution < 1.29 is 4.79 Å². The predicted molar refractivity (Wildman–Crippen MR) is 99.3 cm³/mol. The topological polar surface area (TPSA) is 56.1 Å². The zero-order valence-corrected chi connectivity index (χ0v) is 15.1. The van der Waals surface area contributed by atoms with Gasteiger partial charge >= 0.3 is 0 Å². The molecule has 25 heavy (non-hydrogen) atoms. The fraction of sp³-hybridized carbons (Fsp3) is 0.619. The van der Waals surface area contributed by atoms with Crippen LogP contribution < -0.4 is 5.32 Å². The van der Waals surface area contributed by atoms with Crippen molar-refractivity contribution in [2.24, 2.45) is 5.41 Å². The molecule has 1 N–H and O–H groups in total. The molecular weight excluding hydrogens is 310 g/mol. The highest BCUT2D eigenvalue weighted by atomic mass is 16.1. The van der Waals surface area contributed by atoms with Crippen molar-refractivity contribution in [3.63, 3.8) is 0 Å². The number of benzene rings is 1. The summed E-state index contributed by atoms with van der Waals surface area (Å²) >= 11 is 0. The van der Waals surface area contributed by atoms with Crippen molar-refractivity contribution in [1.29, 1.82) is 5.26 Å². The lowest BCUT2D eigenvalue weighted by atomic mass is 9.68. The number of amides is 1. The van der Waals surface area contributed by atoms with Gasteiger partial charge in [0.05, 0.1) is 12.5 Å². The lowest BCUT2D eigenvalue weighted by molar-refractivity contribution is 0.0673. The third-order valence-electron chi connectivity index (χ3n) is 6.02. The van der Waals surface area contributed by atoms with Crippen molar-refractivity contribution in [2.45, 2.75) is 51.4 Å². The fourth-order valence-corrected chi connectivity index (χ4v) is 4.40. The fourth-order valence-electron chi connectivity index (χ4n) is 4.40. The second-order valence-electron chi connectivity index (χ2n) is 7.69. The molecule has 1 heterocycles. The van der Waals surface area contributed by atoms with E-state index in [4.69, 9.17) is 5.26 Å². The molecule has 1 spiro atoms. The molecule has 0 bridgehead atoms. The average molecular weight is 339 g/mol. The van der Waals surface area contributed by atoms with Crippen LogP contribution in [0.1, 0.15) is 60.9 Å². The van der Waals surface area contributed by atoms with Crippen molar-refractivity contribution in [2.75, 3.05) is 26.2 Å². The van der Waals surface area contributed by atoms with E-state index in [1.54, 1.807) is 0 Å². The van der Waals surface area contributed by atoms with Crippen LogP contribution >= 0.6 is 0 Å². The first-order valence-corrected chi connectivity index (χ1v) is 9.67. The molecule has 2 fully saturated rings. The summed E-state index contributed by atoms with van der Waals surface area (Å²) in [5.74, 6) is -0.0412. The zero-order valence-electron chi connectivity index (χ0n) is 15.1. The molecular formula is C21H29N3O. The van der Waals surface area contributed by atoms with Crippen LogP contribution in [0.25, 0.3) is 0 Å². The molecule has 4 heteroatoms. The zero-order chi connectivity index (χ0) is 17.5. The first-order chi connectivity index (χ1) is 12.2. The predicted octanol–water partition coefficient (Wildman–Crippen LogP) is 3.53. The molecule has 1 amide bonds. The molecule has 3 rings (SSSR count). The first-order valence-electron chi connectivity index (χ1n) is 9.67. The lowest BCUT2D eigenvalue weighted by Crippen LogP contribution is -2.44. The average Bonchev–Trinajstić information content (AvgIpc) is 2.65. The van der Waals surface area contributed by atoms with Gasteiger partial charge in [-0.05, 0) is 61.9 Å². The molecule has 2 aliphatic rings. The van der Waals surface area contributed by atoms with E-state index < -0.39 is 0 Å².